The lowest BCUT2D eigenvalue weighted by atomic mass is 10.1. The topological polar surface area (TPSA) is 42.2 Å². The molecule has 5 heteroatoms. The Kier molecular flexibility index (Phi) is 4.63. The molecular weight excluding hydrogens is 349 g/mol. The molecule has 0 aliphatic rings. The van der Waals surface area contributed by atoms with E-state index in [4.69, 9.17) is 4.42 Å². The fourth-order valence-corrected chi connectivity index (χ4v) is 3.63. The van der Waals surface area contributed by atoms with Gasteiger partial charge in [0.25, 0.3) is 0 Å². The molecule has 3 aromatic carbocycles. The highest BCUT2D eigenvalue weighted by atomic mass is 32.2. The van der Waals surface area contributed by atoms with Crippen LogP contribution in [0.3, 0.4) is 0 Å². The van der Waals surface area contributed by atoms with E-state index in [1.54, 1.807) is 12.1 Å². The van der Waals surface area contributed by atoms with Crippen molar-refractivity contribution in [2.45, 2.75) is 5.75 Å². The second-order valence-electron chi connectivity index (χ2n) is 5.98. The van der Waals surface area contributed by atoms with Crippen LogP contribution in [0, 0.1) is 5.82 Å². The number of amides is 1. The molecule has 1 aromatic heterocycles. The van der Waals surface area contributed by atoms with Crippen LogP contribution < -0.4 is 5.32 Å². The maximum Gasteiger partial charge on any atom is 0.234 e. The first-order valence-corrected chi connectivity index (χ1v) is 9.38. The molecule has 0 atom stereocenters. The zero-order valence-electron chi connectivity index (χ0n) is 13.9. The van der Waals surface area contributed by atoms with Crippen molar-refractivity contribution in [3.8, 4) is 0 Å². The van der Waals surface area contributed by atoms with Gasteiger partial charge in [-0.3, -0.25) is 4.79 Å². The number of rotatable bonds is 5. The number of hydrogen-bond acceptors (Lipinski definition) is 3. The van der Waals surface area contributed by atoms with E-state index in [0.29, 0.717) is 17.2 Å². The zero-order valence-corrected chi connectivity index (χ0v) is 14.7. The van der Waals surface area contributed by atoms with Gasteiger partial charge in [-0.05, 0) is 35.9 Å². The summed E-state index contributed by atoms with van der Waals surface area (Å²) in [5, 5.41) is 4.99. The van der Waals surface area contributed by atoms with Crippen molar-refractivity contribution < 1.29 is 13.6 Å². The summed E-state index contributed by atoms with van der Waals surface area (Å²) in [7, 11) is 0. The highest BCUT2D eigenvalue weighted by Crippen LogP contribution is 2.30. The van der Waals surface area contributed by atoms with Crippen LogP contribution in [-0.2, 0) is 10.5 Å². The number of fused-ring (bicyclic) bond motifs is 3. The van der Waals surface area contributed by atoms with Gasteiger partial charge in [0, 0.05) is 28.3 Å². The zero-order chi connectivity index (χ0) is 17.9. The van der Waals surface area contributed by atoms with Crippen molar-refractivity contribution in [2.75, 3.05) is 11.1 Å². The third-order valence-corrected chi connectivity index (χ3v) is 5.08. The van der Waals surface area contributed by atoms with E-state index < -0.39 is 0 Å². The lowest BCUT2D eigenvalue weighted by molar-refractivity contribution is -0.113. The SMILES string of the molecule is O=C(CSCc1ccc(F)cc1)Nc1ccc2c(c1)oc1ccccc12. The Morgan fingerprint density at radius 3 is 2.58 bits per heavy atom. The molecule has 0 saturated carbocycles. The van der Waals surface area contributed by atoms with Gasteiger partial charge >= 0.3 is 0 Å². The third-order valence-electron chi connectivity index (χ3n) is 4.08. The molecule has 26 heavy (non-hydrogen) atoms. The Bertz CT molecular complexity index is 1070. The van der Waals surface area contributed by atoms with E-state index in [1.807, 2.05) is 42.5 Å². The summed E-state index contributed by atoms with van der Waals surface area (Å²) < 4.78 is 18.7. The summed E-state index contributed by atoms with van der Waals surface area (Å²) in [4.78, 5) is 12.1. The number of hydrogen-bond donors (Lipinski definition) is 1. The molecule has 0 aliphatic heterocycles. The second kappa shape index (κ2) is 7.22. The first-order chi connectivity index (χ1) is 12.7. The summed E-state index contributed by atoms with van der Waals surface area (Å²) >= 11 is 1.49. The van der Waals surface area contributed by atoms with Crippen molar-refractivity contribution in [1.82, 2.24) is 0 Å². The van der Waals surface area contributed by atoms with Crippen molar-refractivity contribution in [3.05, 3.63) is 78.1 Å². The lowest BCUT2D eigenvalue weighted by Gasteiger charge is -2.05. The minimum absolute atomic E-state index is 0.0763. The van der Waals surface area contributed by atoms with E-state index in [0.717, 1.165) is 27.5 Å². The summed E-state index contributed by atoms with van der Waals surface area (Å²) in [5.74, 6) is 0.663. The molecule has 0 radical (unpaired) electrons. The van der Waals surface area contributed by atoms with Gasteiger partial charge in [-0.15, -0.1) is 11.8 Å². The molecule has 1 heterocycles. The van der Waals surface area contributed by atoms with E-state index in [9.17, 15) is 9.18 Å². The van der Waals surface area contributed by atoms with Crippen molar-refractivity contribution >= 4 is 45.3 Å². The maximum absolute atomic E-state index is 12.9. The Labute approximate surface area is 154 Å². The van der Waals surface area contributed by atoms with Gasteiger partial charge in [-0.2, -0.15) is 0 Å². The predicted octanol–water partition coefficient (Wildman–Crippen LogP) is 5.60. The summed E-state index contributed by atoms with van der Waals surface area (Å²) in [6.07, 6.45) is 0. The molecule has 0 spiro atoms. The maximum atomic E-state index is 12.9. The molecule has 0 fully saturated rings. The van der Waals surface area contributed by atoms with Crippen LogP contribution in [0.2, 0.25) is 0 Å². The Morgan fingerprint density at radius 2 is 1.73 bits per heavy atom. The number of nitrogens with one attached hydrogen (secondary N) is 1. The Balaban J connectivity index is 1.39. The molecule has 130 valence electrons. The molecule has 1 amide bonds. The number of carbonyl (C=O) groups is 1. The number of anilines is 1. The minimum Gasteiger partial charge on any atom is -0.456 e. The molecular formula is C21H16FNO2S. The fourth-order valence-electron chi connectivity index (χ4n) is 2.84. The number of benzene rings is 3. The summed E-state index contributed by atoms with van der Waals surface area (Å²) in [5.41, 5.74) is 3.29. The first-order valence-electron chi connectivity index (χ1n) is 8.22. The van der Waals surface area contributed by atoms with Crippen LogP contribution in [0.15, 0.2) is 71.1 Å². The minimum atomic E-state index is -0.252. The van der Waals surface area contributed by atoms with Crippen LogP contribution in [0.5, 0.6) is 0 Å². The van der Waals surface area contributed by atoms with Crippen LogP contribution in [-0.4, -0.2) is 11.7 Å². The van der Waals surface area contributed by atoms with E-state index in [2.05, 4.69) is 5.32 Å². The van der Waals surface area contributed by atoms with E-state index in [1.165, 1.54) is 23.9 Å². The molecule has 1 N–H and O–H groups in total. The molecule has 4 aromatic rings. The molecule has 0 bridgehead atoms. The highest BCUT2D eigenvalue weighted by molar-refractivity contribution is 7.99. The Hall–Kier alpha value is -2.79. The highest BCUT2D eigenvalue weighted by Gasteiger charge is 2.09. The summed E-state index contributed by atoms with van der Waals surface area (Å²) in [6.45, 7) is 0. The smallest absolute Gasteiger partial charge is 0.234 e. The third kappa shape index (κ3) is 3.58. The summed E-state index contributed by atoms with van der Waals surface area (Å²) in [6, 6.07) is 19.9. The van der Waals surface area contributed by atoms with Crippen molar-refractivity contribution in [2.24, 2.45) is 0 Å². The number of carbonyl (C=O) groups excluding carboxylic acids is 1. The molecule has 0 aliphatic carbocycles. The van der Waals surface area contributed by atoms with Gasteiger partial charge < -0.3 is 9.73 Å². The van der Waals surface area contributed by atoms with Crippen LogP contribution in [0.4, 0.5) is 10.1 Å². The van der Waals surface area contributed by atoms with Crippen molar-refractivity contribution in [3.63, 3.8) is 0 Å². The quantitative estimate of drug-likeness (QED) is 0.501. The predicted molar refractivity (Wildman–Crippen MR) is 105 cm³/mol. The van der Waals surface area contributed by atoms with Gasteiger partial charge in [0.2, 0.25) is 5.91 Å². The average molecular weight is 365 g/mol. The number of para-hydroxylation sites is 1. The average Bonchev–Trinajstić information content (AvgIpc) is 3.01. The fraction of sp³-hybridized carbons (Fsp3) is 0.0952. The van der Waals surface area contributed by atoms with E-state index >= 15 is 0 Å². The second-order valence-corrected chi connectivity index (χ2v) is 6.96. The molecule has 0 unspecified atom stereocenters. The van der Waals surface area contributed by atoms with Crippen LogP contribution >= 0.6 is 11.8 Å². The monoisotopic (exact) mass is 365 g/mol. The van der Waals surface area contributed by atoms with E-state index in [-0.39, 0.29) is 11.7 Å². The van der Waals surface area contributed by atoms with Gasteiger partial charge in [-0.1, -0.05) is 30.3 Å². The molecule has 3 nitrogen and oxygen atoms in total. The number of thioether (sulfide) groups is 1. The lowest BCUT2D eigenvalue weighted by Crippen LogP contribution is -2.14. The number of halogens is 1. The largest absolute Gasteiger partial charge is 0.456 e. The van der Waals surface area contributed by atoms with Gasteiger partial charge in [-0.25, -0.2) is 4.39 Å². The molecule has 0 saturated heterocycles. The molecule has 4 rings (SSSR count). The number of furan rings is 1. The van der Waals surface area contributed by atoms with Gasteiger partial charge in [0.05, 0.1) is 5.75 Å². The first kappa shape index (κ1) is 16.7. The van der Waals surface area contributed by atoms with Crippen LogP contribution in [0.1, 0.15) is 5.56 Å². The Morgan fingerprint density at radius 1 is 0.962 bits per heavy atom. The van der Waals surface area contributed by atoms with Gasteiger partial charge in [0.1, 0.15) is 17.0 Å². The standard InChI is InChI=1S/C21H16FNO2S/c22-15-7-5-14(6-8-15)12-26-13-21(24)23-16-9-10-18-17-3-1-2-4-19(17)25-20(18)11-16/h1-11H,12-13H2,(H,23,24). The van der Waals surface area contributed by atoms with Crippen LogP contribution in [0.25, 0.3) is 21.9 Å². The van der Waals surface area contributed by atoms with Crippen molar-refractivity contribution in [1.29, 1.82) is 0 Å². The van der Waals surface area contributed by atoms with Gasteiger partial charge in [0.15, 0.2) is 0 Å². The normalized spacial score (nSPS) is 11.1.